The number of halogens is 1. The molecule has 84 valence electrons. The summed E-state index contributed by atoms with van der Waals surface area (Å²) in [5.41, 5.74) is 0.613. The third kappa shape index (κ3) is 1.92. The van der Waals surface area contributed by atoms with Gasteiger partial charge in [0.25, 0.3) is 0 Å². The number of hydrogen-bond acceptors (Lipinski definition) is 4. The molecule has 1 atom stereocenters. The van der Waals surface area contributed by atoms with Crippen molar-refractivity contribution in [3.63, 3.8) is 0 Å². The minimum Gasteiger partial charge on any atom is -0.311 e. The second-order valence-corrected chi connectivity index (χ2v) is 3.44. The maximum absolute atomic E-state index is 13.1. The van der Waals surface area contributed by atoms with Gasteiger partial charge in [-0.2, -0.15) is 4.68 Å². The summed E-state index contributed by atoms with van der Waals surface area (Å²) in [5.74, 6) is 0.337. The molecule has 1 unspecified atom stereocenters. The van der Waals surface area contributed by atoms with Crippen LogP contribution in [0.1, 0.15) is 18.8 Å². The van der Waals surface area contributed by atoms with Crippen LogP contribution in [0.25, 0.3) is 5.69 Å². The topological polar surface area (TPSA) is 55.6 Å². The summed E-state index contributed by atoms with van der Waals surface area (Å²) >= 11 is 0. The van der Waals surface area contributed by atoms with Crippen molar-refractivity contribution in [2.45, 2.75) is 13.0 Å². The Morgan fingerprint density at radius 2 is 2.25 bits per heavy atom. The van der Waals surface area contributed by atoms with Gasteiger partial charge >= 0.3 is 0 Å². The first kappa shape index (κ1) is 10.7. The number of nitrogens with one attached hydrogen (secondary N) is 1. The molecule has 0 amide bonds. The molecule has 2 aromatic rings. The van der Waals surface area contributed by atoms with E-state index in [-0.39, 0.29) is 11.9 Å². The summed E-state index contributed by atoms with van der Waals surface area (Å²) in [6, 6.07) is 6.15. The Bertz CT molecular complexity index is 482. The Morgan fingerprint density at radius 1 is 1.44 bits per heavy atom. The maximum atomic E-state index is 13.1. The predicted molar refractivity (Wildman–Crippen MR) is 56.6 cm³/mol. The molecule has 0 bridgehead atoms. The highest BCUT2D eigenvalue weighted by Crippen LogP contribution is 2.14. The first-order chi connectivity index (χ1) is 7.72. The van der Waals surface area contributed by atoms with Gasteiger partial charge in [-0.3, -0.25) is 0 Å². The molecule has 0 fully saturated rings. The smallest absolute Gasteiger partial charge is 0.173 e. The van der Waals surface area contributed by atoms with Crippen LogP contribution in [-0.2, 0) is 0 Å². The van der Waals surface area contributed by atoms with Crippen LogP contribution in [0.5, 0.6) is 0 Å². The van der Waals surface area contributed by atoms with E-state index in [1.807, 2.05) is 14.0 Å². The van der Waals surface area contributed by atoms with Crippen LogP contribution in [0.4, 0.5) is 4.39 Å². The number of benzene rings is 1. The van der Waals surface area contributed by atoms with Crippen molar-refractivity contribution in [2.24, 2.45) is 0 Å². The van der Waals surface area contributed by atoms with Crippen LogP contribution in [0.15, 0.2) is 24.3 Å². The number of aromatic nitrogens is 4. The fourth-order valence-electron chi connectivity index (χ4n) is 1.38. The molecule has 1 N–H and O–H groups in total. The predicted octanol–water partition coefficient (Wildman–Crippen LogP) is 1.08. The molecule has 0 spiro atoms. The van der Waals surface area contributed by atoms with Crippen molar-refractivity contribution in [3.8, 4) is 5.69 Å². The molecule has 5 nitrogen and oxygen atoms in total. The zero-order valence-corrected chi connectivity index (χ0v) is 9.05. The van der Waals surface area contributed by atoms with E-state index >= 15 is 0 Å². The summed E-state index contributed by atoms with van der Waals surface area (Å²) in [6.45, 7) is 1.93. The van der Waals surface area contributed by atoms with Crippen LogP contribution in [0.3, 0.4) is 0 Å². The SMILES string of the molecule is CNC(C)c1nnnn1-c1cccc(F)c1. The standard InChI is InChI=1S/C10H12FN5/c1-7(12-2)10-13-14-15-16(10)9-5-3-4-8(11)6-9/h3-7,12H,1-2H3. The molecule has 0 saturated carbocycles. The highest BCUT2D eigenvalue weighted by atomic mass is 19.1. The molecule has 0 saturated heterocycles. The van der Waals surface area contributed by atoms with E-state index in [0.717, 1.165) is 0 Å². The maximum Gasteiger partial charge on any atom is 0.173 e. The van der Waals surface area contributed by atoms with E-state index in [0.29, 0.717) is 11.5 Å². The fraction of sp³-hybridized carbons (Fsp3) is 0.300. The zero-order valence-electron chi connectivity index (χ0n) is 9.05. The van der Waals surface area contributed by atoms with Gasteiger partial charge < -0.3 is 5.32 Å². The van der Waals surface area contributed by atoms with Crippen LogP contribution in [-0.4, -0.2) is 27.3 Å². The lowest BCUT2D eigenvalue weighted by atomic mass is 10.3. The van der Waals surface area contributed by atoms with Gasteiger partial charge in [0.05, 0.1) is 11.7 Å². The van der Waals surface area contributed by atoms with Gasteiger partial charge in [-0.1, -0.05) is 6.07 Å². The zero-order chi connectivity index (χ0) is 11.5. The highest BCUT2D eigenvalue weighted by Gasteiger charge is 2.13. The summed E-state index contributed by atoms with van der Waals surface area (Å²) in [6.07, 6.45) is 0. The van der Waals surface area contributed by atoms with Gasteiger partial charge in [-0.05, 0) is 42.6 Å². The van der Waals surface area contributed by atoms with Gasteiger partial charge in [0, 0.05) is 0 Å². The van der Waals surface area contributed by atoms with Gasteiger partial charge in [-0.25, -0.2) is 4.39 Å². The van der Waals surface area contributed by atoms with E-state index in [1.54, 1.807) is 12.1 Å². The molecule has 1 aromatic heterocycles. The van der Waals surface area contributed by atoms with Crippen molar-refractivity contribution in [1.29, 1.82) is 0 Å². The van der Waals surface area contributed by atoms with Crippen LogP contribution < -0.4 is 5.32 Å². The third-order valence-corrected chi connectivity index (χ3v) is 2.37. The minimum atomic E-state index is -0.309. The number of hydrogen-bond donors (Lipinski definition) is 1. The first-order valence-electron chi connectivity index (χ1n) is 4.94. The lowest BCUT2D eigenvalue weighted by Gasteiger charge is -2.09. The molecule has 0 aliphatic rings. The van der Waals surface area contributed by atoms with E-state index in [4.69, 9.17) is 0 Å². The lowest BCUT2D eigenvalue weighted by Crippen LogP contribution is -2.17. The van der Waals surface area contributed by atoms with E-state index in [2.05, 4.69) is 20.8 Å². The van der Waals surface area contributed by atoms with Crippen molar-refractivity contribution in [2.75, 3.05) is 7.05 Å². The normalized spacial score (nSPS) is 12.7. The van der Waals surface area contributed by atoms with Crippen molar-refractivity contribution in [3.05, 3.63) is 35.9 Å². The molecule has 1 heterocycles. The Labute approximate surface area is 92.3 Å². The van der Waals surface area contributed by atoms with Crippen molar-refractivity contribution >= 4 is 0 Å². The van der Waals surface area contributed by atoms with Crippen LogP contribution in [0.2, 0.25) is 0 Å². The molecule has 0 aliphatic heterocycles. The molecule has 6 heteroatoms. The fourth-order valence-corrected chi connectivity index (χ4v) is 1.38. The minimum absolute atomic E-state index is 0.00160. The van der Waals surface area contributed by atoms with E-state index in [1.165, 1.54) is 16.8 Å². The first-order valence-corrected chi connectivity index (χ1v) is 4.94. The highest BCUT2D eigenvalue weighted by molar-refractivity contribution is 5.31. The molecular formula is C10H12FN5. The monoisotopic (exact) mass is 221 g/mol. The van der Waals surface area contributed by atoms with Crippen LogP contribution >= 0.6 is 0 Å². The van der Waals surface area contributed by atoms with Gasteiger partial charge in [-0.15, -0.1) is 5.10 Å². The average Bonchev–Trinajstić information content (AvgIpc) is 2.77. The number of nitrogens with zero attached hydrogens (tertiary/aromatic N) is 4. The summed E-state index contributed by atoms with van der Waals surface area (Å²) < 4.78 is 14.6. The van der Waals surface area contributed by atoms with E-state index in [9.17, 15) is 4.39 Å². The Morgan fingerprint density at radius 3 is 2.94 bits per heavy atom. The summed E-state index contributed by atoms with van der Waals surface area (Å²) in [5, 5.41) is 14.4. The number of rotatable bonds is 3. The molecule has 0 radical (unpaired) electrons. The molecule has 16 heavy (non-hydrogen) atoms. The number of tetrazole rings is 1. The van der Waals surface area contributed by atoms with Gasteiger partial charge in [0.15, 0.2) is 5.82 Å². The second-order valence-electron chi connectivity index (χ2n) is 3.44. The average molecular weight is 221 g/mol. The Balaban J connectivity index is 2.44. The van der Waals surface area contributed by atoms with Gasteiger partial charge in [0.1, 0.15) is 5.82 Å². The van der Waals surface area contributed by atoms with Crippen LogP contribution in [0, 0.1) is 5.82 Å². The quantitative estimate of drug-likeness (QED) is 0.842. The summed E-state index contributed by atoms with van der Waals surface area (Å²) in [7, 11) is 1.81. The van der Waals surface area contributed by atoms with E-state index < -0.39 is 0 Å². The largest absolute Gasteiger partial charge is 0.311 e. The molecular weight excluding hydrogens is 209 g/mol. The van der Waals surface area contributed by atoms with Gasteiger partial charge in [0.2, 0.25) is 0 Å². The molecule has 2 rings (SSSR count). The molecule has 0 aliphatic carbocycles. The van der Waals surface area contributed by atoms with Crippen molar-refractivity contribution in [1.82, 2.24) is 25.5 Å². The summed E-state index contributed by atoms with van der Waals surface area (Å²) in [4.78, 5) is 0. The lowest BCUT2D eigenvalue weighted by molar-refractivity contribution is 0.585. The molecule has 1 aromatic carbocycles. The Kier molecular flexibility index (Phi) is 2.91. The second kappa shape index (κ2) is 4.36. The van der Waals surface area contributed by atoms with Crippen molar-refractivity contribution < 1.29 is 4.39 Å². The Hall–Kier alpha value is -1.82. The third-order valence-electron chi connectivity index (χ3n) is 2.37.